The summed E-state index contributed by atoms with van der Waals surface area (Å²) in [5.41, 5.74) is 1.60. The van der Waals surface area contributed by atoms with E-state index in [9.17, 15) is 4.79 Å². The fourth-order valence-corrected chi connectivity index (χ4v) is 1.37. The van der Waals surface area contributed by atoms with Crippen LogP contribution in [0.4, 0.5) is 0 Å². The number of fused-ring (bicyclic) bond motifs is 1. The molecule has 4 heteroatoms. The van der Waals surface area contributed by atoms with Gasteiger partial charge in [-0.15, -0.1) is 0 Å². The smallest absolute Gasteiger partial charge is 0.163 e. The molecule has 2 heterocycles. The van der Waals surface area contributed by atoms with Gasteiger partial charge in [-0.1, -0.05) is 0 Å². The minimum atomic E-state index is 0.0572. The molecule has 2 rings (SSSR count). The van der Waals surface area contributed by atoms with Gasteiger partial charge in [0, 0.05) is 0 Å². The molecule has 0 saturated carbocycles. The lowest BCUT2D eigenvalue weighted by Crippen LogP contribution is -2.18. The van der Waals surface area contributed by atoms with Crippen molar-refractivity contribution in [1.82, 2.24) is 9.78 Å². The highest BCUT2D eigenvalue weighted by atomic mass is 16.5. The van der Waals surface area contributed by atoms with E-state index in [-0.39, 0.29) is 5.78 Å². The second kappa shape index (κ2) is 2.71. The number of ketones is 1. The zero-order chi connectivity index (χ0) is 8.55. The fraction of sp³-hybridized carbons (Fsp3) is 0.500. The Labute approximate surface area is 70.1 Å². The Morgan fingerprint density at radius 2 is 2.58 bits per heavy atom. The first kappa shape index (κ1) is 7.49. The van der Waals surface area contributed by atoms with Gasteiger partial charge in [-0.2, -0.15) is 5.10 Å². The average Bonchev–Trinajstić information content (AvgIpc) is 2.47. The molecule has 1 aliphatic heterocycles. The molecule has 1 aromatic rings. The van der Waals surface area contributed by atoms with E-state index in [0.717, 1.165) is 12.2 Å². The zero-order valence-electron chi connectivity index (χ0n) is 6.91. The second-order valence-electron chi connectivity index (χ2n) is 2.84. The minimum Gasteiger partial charge on any atom is -0.373 e. The largest absolute Gasteiger partial charge is 0.373 e. The Hall–Kier alpha value is -1.16. The molecular formula is C8H10N2O2. The molecule has 0 fully saturated rings. The lowest BCUT2D eigenvalue weighted by atomic mass is 10.2. The number of rotatable bonds is 1. The quantitative estimate of drug-likeness (QED) is 0.574. The third kappa shape index (κ3) is 1.04. The first-order chi connectivity index (χ1) is 5.79. The molecule has 0 amide bonds. The van der Waals surface area contributed by atoms with E-state index < -0.39 is 0 Å². The molecule has 0 unspecified atom stereocenters. The highest BCUT2D eigenvalue weighted by Gasteiger charge is 2.16. The van der Waals surface area contributed by atoms with Crippen LogP contribution in [0.15, 0.2) is 6.20 Å². The van der Waals surface area contributed by atoms with E-state index in [1.807, 2.05) is 4.68 Å². The minimum absolute atomic E-state index is 0.0572. The van der Waals surface area contributed by atoms with Crippen LogP contribution in [0, 0.1) is 0 Å². The summed E-state index contributed by atoms with van der Waals surface area (Å²) in [7, 11) is 0. The van der Waals surface area contributed by atoms with Crippen LogP contribution in [0.3, 0.4) is 0 Å². The summed E-state index contributed by atoms with van der Waals surface area (Å²) < 4.78 is 7.07. The number of aromatic nitrogens is 2. The number of carbonyl (C=O) groups is 1. The Bertz CT molecular complexity index is 317. The van der Waals surface area contributed by atoms with Crippen molar-refractivity contribution < 1.29 is 9.53 Å². The second-order valence-corrected chi connectivity index (χ2v) is 2.84. The van der Waals surface area contributed by atoms with Crippen LogP contribution < -0.4 is 0 Å². The lowest BCUT2D eigenvalue weighted by Gasteiger charge is -2.14. The van der Waals surface area contributed by atoms with E-state index in [4.69, 9.17) is 4.74 Å². The van der Waals surface area contributed by atoms with Crippen molar-refractivity contribution in [3.8, 4) is 0 Å². The molecule has 0 aromatic carbocycles. The predicted octanol–water partition coefficient (Wildman–Crippen LogP) is 0.616. The average molecular weight is 166 g/mol. The first-order valence-corrected chi connectivity index (χ1v) is 3.92. The Morgan fingerprint density at radius 3 is 3.33 bits per heavy atom. The maximum absolute atomic E-state index is 11.1. The van der Waals surface area contributed by atoms with Crippen molar-refractivity contribution in [3.05, 3.63) is 17.5 Å². The Balaban J connectivity index is 2.44. The van der Waals surface area contributed by atoms with Gasteiger partial charge in [0.15, 0.2) is 5.78 Å². The molecule has 0 N–H and O–H groups in total. The van der Waals surface area contributed by atoms with Crippen LogP contribution in [0.25, 0.3) is 0 Å². The summed E-state index contributed by atoms with van der Waals surface area (Å²) in [6.45, 7) is 3.50. The SMILES string of the molecule is CC(=O)c1cnn2c1COCC2. The van der Waals surface area contributed by atoms with Gasteiger partial charge in [-0.25, -0.2) is 0 Å². The number of ether oxygens (including phenoxy) is 1. The maximum atomic E-state index is 11.1. The number of Topliss-reactive ketones (excluding diaryl/α,β-unsaturated/α-hetero) is 1. The number of nitrogens with zero attached hydrogens (tertiary/aromatic N) is 2. The van der Waals surface area contributed by atoms with Crippen molar-refractivity contribution in [2.75, 3.05) is 6.61 Å². The molecule has 0 atom stereocenters. The standard InChI is InChI=1S/C8H10N2O2/c1-6(11)7-4-9-10-2-3-12-5-8(7)10/h4H,2-3,5H2,1H3. The number of hydrogen-bond acceptors (Lipinski definition) is 3. The molecular weight excluding hydrogens is 156 g/mol. The highest BCUT2D eigenvalue weighted by molar-refractivity contribution is 5.94. The lowest BCUT2D eigenvalue weighted by molar-refractivity contribution is 0.0781. The van der Waals surface area contributed by atoms with Gasteiger partial charge in [-0.05, 0) is 6.92 Å². The molecule has 12 heavy (non-hydrogen) atoms. The van der Waals surface area contributed by atoms with Gasteiger partial charge < -0.3 is 4.74 Å². The van der Waals surface area contributed by atoms with Crippen LogP contribution in [0.2, 0.25) is 0 Å². The monoisotopic (exact) mass is 166 g/mol. The Kier molecular flexibility index (Phi) is 1.69. The molecule has 1 aliphatic rings. The van der Waals surface area contributed by atoms with Crippen molar-refractivity contribution in [2.24, 2.45) is 0 Å². The summed E-state index contributed by atoms with van der Waals surface area (Å²) >= 11 is 0. The van der Waals surface area contributed by atoms with E-state index in [1.54, 1.807) is 13.1 Å². The van der Waals surface area contributed by atoms with Crippen LogP contribution in [0.1, 0.15) is 23.0 Å². The van der Waals surface area contributed by atoms with E-state index in [1.165, 1.54) is 0 Å². The number of carbonyl (C=O) groups excluding carboxylic acids is 1. The highest BCUT2D eigenvalue weighted by Crippen LogP contribution is 2.14. The molecule has 64 valence electrons. The third-order valence-electron chi connectivity index (χ3n) is 2.01. The van der Waals surface area contributed by atoms with Gasteiger partial charge >= 0.3 is 0 Å². The van der Waals surface area contributed by atoms with Crippen LogP contribution in [0.5, 0.6) is 0 Å². The Morgan fingerprint density at radius 1 is 1.75 bits per heavy atom. The zero-order valence-corrected chi connectivity index (χ0v) is 6.91. The van der Waals surface area contributed by atoms with Crippen LogP contribution >= 0.6 is 0 Å². The van der Waals surface area contributed by atoms with Crippen molar-refractivity contribution in [1.29, 1.82) is 0 Å². The molecule has 0 saturated heterocycles. The van der Waals surface area contributed by atoms with Crippen molar-refractivity contribution in [3.63, 3.8) is 0 Å². The van der Waals surface area contributed by atoms with E-state index in [2.05, 4.69) is 5.10 Å². The summed E-state index contributed by atoms with van der Waals surface area (Å²) in [5.74, 6) is 0.0572. The van der Waals surface area contributed by atoms with Crippen molar-refractivity contribution in [2.45, 2.75) is 20.1 Å². The fourth-order valence-electron chi connectivity index (χ4n) is 1.37. The third-order valence-corrected chi connectivity index (χ3v) is 2.01. The topological polar surface area (TPSA) is 44.1 Å². The van der Waals surface area contributed by atoms with Gasteiger partial charge in [0.05, 0.1) is 37.2 Å². The summed E-state index contributed by atoms with van der Waals surface area (Å²) in [5, 5.41) is 4.09. The summed E-state index contributed by atoms with van der Waals surface area (Å²) in [6, 6.07) is 0. The molecule has 0 aliphatic carbocycles. The van der Waals surface area contributed by atoms with Crippen LogP contribution in [-0.2, 0) is 17.9 Å². The summed E-state index contributed by atoms with van der Waals surface area (Å²) in [6.07, 6.45) is 1.62. The number of hydrogen-bond donors (Lipinski definition) is 0. The first-order valence-electron chi connectivity index (χ1n) is 3.92. The van der Waals surface area contributed by atoms with Gasteiger partial charge in [0.1, 0.15) is 0 Å². The van der Waals surface area contributed by atoms with Gasteiger partial charge in [0.25, 0.3) is 0 Å². The maximum Gasteiger partial charge on any atom is 0.163 e. The summed E-state index contributed by atoms with van der Waals surface area (Å²) in [4.78, 5) is 11.1. The van der Waals surface area contributed by atoms with E-state index in [0.29, 0.717) is 18.8 Å². The van der Waals surface area contributed by atoms with Crippen molar-refractivity contribution >= 4 is 5.78 Å². The van der Waals surface area contributed by atoms with Gasteiger partial charge in [0.2, 0.25) is 0 Å². The van der Waals surface area contributed by atoms with E-state index >= 15 is 0 Å². The molecule has 0 bridgehead atoms. The normalized spacial score (nSPS) is 15.8. The van der Waals surface area contributed by atoms with Gasteiger partial charge in [-0.3, -0.25) is 9.48 Å². The molecule has 1 aromatic heterocycles. The molecule has 4 nitrogen and oxygen atoms in total. The van der Waals surface area contributed by atoms with Crippen LogP contribution in [-0.4, -0.2) is 22.2 Å². The molecule has 0 spiro atoms. The molecule has 0 radical (unpaired) electrons. The predicted molar refractivity (Wildman–Crippen MR) is 41.9 cm³/mol.